The van der Waals surface area contributed by atoms with Gasteiger partial charge in [0.2, 0.25) is 0 Å². The van der Waals surface area contributed by atoms with Crippen molar-refractivity contribution >= 4 is 15.9 Å². The molecule has 2 aromatic rings. The average molecular weight is 334 g/mol. The Kier molecular flexibility index (Phi) is 5.77. The van der Waals surface area contributed by atoms with Crippen LogP contribution in [0.1, 0.15) is 29.7 Å². The lowest BCUT2D eigenvalue weighted by molar-refractivity contribution is 0.184. The van der Waals surface area contributed by atoms with E-state index in [1.807, 2.05) is 0 Å². The van der Waals surface area contributed by atoms with Crippen LogP contribution >= 0.6 is 15.9 Å². The van der Waals surface area contributed by atoms with E-state index in [9.17, 15) is 0 Å². The van der Waals surface area contributed by atoms with Gasteiger partial charge in [0.25, 0.3) is 0 Å². The van der Waals surface area contributed by atoms with Crippen molar-refractivity contribution in [1.82, 2.24) is 5.32 Å². The molecule has 0 aliphatic heterocycles. The molecule has 0 unspecified atom stereocenters. The number of benzene rings is 2. The second-order valence-corrected chi connectivity index (χ2v) is 5.77. The summed E-state index contributed by atoms with van der Waals surface area (Å²) in [6.07, 6.45) is 0. The van der Waals surface area contributed by atoms with Crippen molar-refractivity contribution in [3.05, 3.63) is 69.7 Å². The predicted octanol–water partition coefficient (Wildman–Crippen LogP) is 4.45. The molecule has 0 fully saturated rings. The Hall–Kier alpha value is -1.16. The van der Waals surface area contributed by atoms with E-state index in [-0.39, 0.29) is 0 Å². The van der Waals surface area contributed by atoms with Gasteiger partial charge >= 0.3 is 0 Å². The molecule has 2 aromatic carbocycles. The number of hydrogen-bond acceptors (Lipinski definition) is 2. The van der Waals surface area contributed by atoms with Crippen LogP contribution in [0.4, 0.5) is 0 Å². The van der Waals surface area contributed by atoms with Crippen LogP contribution in [0.3, 0.4) is 0 Å². The van der Waals surface area contributed by atoms with Gasteiger partial charge in [-0.2, -0.15) is 0 Å². The van der Waals surface area contributed by atoms with E-state index < -0.39 is 0 Å². The molecular formula is C17H20BrNO. The van der Waals surface area contributed by atoms with Crippen LogP contribution in [0.5, 0.6) is 0 Å². The van der Waals surface area contributed by atoms with Crippen molar-refractivity contribution in [1.29, 1.82) is 0 Å². The molecule has 1 atom stereocenters. The van der Waals surface area contributed by atoms with Crippen molar-refractivity contribution < 1.29 is 4.74 Å². The number of ether oxygens (including phenoxy) is 1. The molecule has 106 valence electrons. The summed E-state index contributed by atoms with van der Waals surface area (Å²) >= 11 is 3.46. The topological polar surface area (TPSA) is 21.3 Å². The standard InChI is InChI=1S/C17H20BrNO/c1-13(14-7-9-17(18)10-8-14)19-11-15-5-3-4-6-16(15)12-20-2/h3-10,13,19H,11-12H2,1-2H3/t13-/m0/s1. The first-order valence-corrected chi connectivity index (χ1v) is 7.54. The number of hydrogen-bond donors (Lipinski definition) is 1. The second kappa shape index (κ2) is 7.58. The summed E-state index contributed by atoms with van der Waals surface area (Å²) in [5.74, 6) is 0. The highest BCUT2D eigenvalue weighted by Gasteiger charge is 2.06. The summed E-state index contributed by atoms with van der Waals surface area (Å²) in [4.78, 5) is 0. The first kappa shape index (κ1) is 15.2. The van der Waals surface area contributed by atoms with E-state index in [4.69, 9.17) is 4.74 Å². The van der Waals surface area contributed by atoms with Crippen LogP contribution in [0.15, 0.2) is 53.0 Å². The molecule has 0 amide bonds. The van der Waals surface area contributed by atoms with E-state index in [1.54, 1.807) is 7.11 Å². The van der Waals surface area contributed by atoms with Gasteiger partial charge in [-0.25, -0.2) is 0 Å². The van der Waals surface area contributed by atoms with Crippen molar-refractivity contribution in [2.75, 3.05) is 7.11 Å². The van der Waals surface area contributed by atoms with E-state index in [0.29, 0.717) is 12.6 Å². The molecule has 0 radical (unpaired) electrons. The van der Waals surface area contributed by atoms with E-state index in [1.165, 1.54) is 16.7 Å². The quantitative estimate of drug-likeness (QED) is 0.843. The second-order valence-electron chi connectivity index (χ2n) is 4.86. The van der Waals surface area contributed by atoms with Gasteiger partial charge < -0.3 is 10.1 Å². The summed E-state index contributed by atoms with van der Waals surface area (Å²) < 4.78 is 6.35. The minimum atomic E-state index is 0.318. The van der Waals surface area contributed by atoms with Gasteiger partial charge in [0.1, 0.15) is 0 Å². The van der Waals surface area contributed by atoms with Gasteiger partial charge in [0.05, 0.1) is 6.61 Å². The number of nitrogens with one attached hydrogen (secondary N) is 1. The molecular weight excluding hydrogens is 314 g/mol. The van der Waals surface area contributed by atoms with Crippen molar-refractivity contribution in [3.8, 4) is 0 Å². The summed E-state index contributed by atoms with van der Waals surface area (Å²) in [5.41, 5.74) is 3.82. The fourth-order valence-electron chi connectivity index (χ4n) is 2.16. The summed E-state index contributed by atoms with van der Waals surface area (Å²) in [7, 11) is 1.73. The van der Waals surface area contributed by atoms with Gasteiger partial charge in [-0.15, -0.1) is 0 Å². The van der Waals surface area contributed by atoms with Crippen LogP contribution < -0.4 is 5.32 Å². The van der Waals surface area contributed by atoms with E-state index in [0.717, 1.165) is 11.0 Å². The zero-order valence-electron chi connectivity index (χ0n) is 11.9. The Morgan fingerprint density at radius 1 is 1.05 bits per heavy atom. The first-order valence-electron chi connectivity index (χ1n) is 6.75. The molecule has 0 bridgehead atoms. The molecule has 2 rings (SSSR count). The third kappa shape index (κ3) is 4.17. The maximum absolute atomic E-state index is 5.24. The molecule has 0 aromatic heterocycles. The predicted molar refractivity (Wildman–Crippen MR) is 86.6 cm³/mol. The highest BCUT2D eigenvalue weighted by atomic mass is 79.9. The molecule has 3 heteroatoms. The summed E-state index contributed by atoms with van der Waals surface area (Å²) in [6, 6.07) is 17.1. The molecule has 0 aliphatic rings. The smallest absolute Gasteiger partial charge is 0.0716 e. The van der Waals surface area contributed by atoms with Crippen molar-refractivity contribution in [3.63, 3.8) is 0 Å². The zero-order valence-corrected chi connectivity index (χ0v) is 13.5. The molecule has 0 aliphatic carbocycles. The normalized spacial score (nSPS) is 12.3. The lowest BCUT2D eigenvalue weighted by atomic mass is 10.1. The molecule has 20 heavy (non-hydrogen) atoms. The minimum Gasteiger partial charge on any atom is -0.380 e. The van der Waals surface area contributed by atoms with Gasteiger partial charge in [-0.1, -0.05) is 52.3 Å². The number of methoxy groups -OCH3 is 1. The molecule has 2 nitrogen and oxygen atoms in total. The Morgan fingerprint density at radius 2 is 1.70 bits per heavy atom. The third-order valence-electron chi connectivity index (χ3n) is 3.39. The fourth-order valence-corrected chi connectivity index (χ4v) is 2.42. The van der Waals surface area contributed by atoms with Crippen LogP contribution in [0.2, 0.25) is 0 Å². The minimum absolute atomic E-state index is 0.318. The highest BCUT2D eigenvalue weighted by Crippen LogP contribution is 2.18. The van der Waals surface area contributed by atoms with Crippen LogP contribution in [0.25, 0.3) is 0 Å². The Morgan fingerprint density at radius 3 is 2.35 bits per heavy atom. The van der Waals surface area contributed by atoms with Crippen LogP contribution in [-0.4, -0.2) is 7.11 Å². The maximum atomic E-state index is 5.24. The van der Waals surface area contributed by atoms with Gasteiger partial charge in [0, 0.05) is 24.2 Å². The Balaban J connectivity index is 1.99. The van der Waals surface area contributed by atoms with Gasteiger partial charge in [-0.05, 0) is 35.7 Å². The lowest BCUT2D eigenvalue weighted by Crippen LogP contribution is -2.19. The van der Waals surface area contributed by atoms with Crippen molar-refractivity contribution in [2.24, 2.45) is 0 Å². The van der Waals surface area contributed by atoms with Crippen molar-refractivity contribution in [2.45, 2.75) is 26.1 Å². The molecule has 0 saturated heterocycles. The monoisotopic (exact) mass is 333 g/mol. The van der Waals surface area contributed by atoms with Crippen LogP contribution in [0, 0.1) is 0 Å². The molecule has 0 heterocycles. The SMILES string of the molecule is COCc1ccccc1CN[C@@H](C)c1ccc(Br)cc1. The number of halogens is 1. The zero-order chi connectivity index (χ0) is 14.4. The number of rotatable bonds is 6. The largest absolute Gasteiger partial charge is 0.380 e. The average Bonchev–Trinajstić information content (AvgIpc) is 2.47. The van der Waals surface area contributed by atoms with Crippen LogP contribution in [-0.2, 0) is 17.9 Å². The summed E-state index contributed by atoms with van der Waals surface area (Å²) in [6.45, 7) is 3.68. The fraction of sp³-hybridized carbons (Fsp3) is 0.294. The van der Waals surface area contributed by atoms with E-state index >= 15 is 0 Å². The summed E-state index contributed by atoms with van der Waals surface area (Å²) in [5, 5.41) is 3.56. The van der Waals surface area contributed by atoms with Gasteiger partial charge in [-0.3, -0.25) is 0 Å². The lowest BCUT2D eigenvalue weighted by Gasteiger charge is -2.16. The molecule has 0 saturated carbocycles. The molecule has 1 N–H and O–H groups in total. The Bertz CT molecular complexity index is 539. The molecule has 0 spiro atoms. The maximum Gasteiger partial charge on any atom is 0.0716 e. The van der Waals surface area contributed by atoms with Gasteiger partial charge in [0.15, 0.2) is 0 Å². The first-order chi connectivity index (χ1) is 9.70. The highest BCUT2D eigenvalue weighted by molar-refractivity contribution is 9.10. The van der Waals surface area contributed by atoms with E-state index in [2.05, 4.69) is 76.7 Å². The third-order valence-corrected chi connectivity index (χ3v) is 3.92. The Labute approximate surface area is 129 Å².